The van der Waals surface area contributed by atoms with Crippen molar-refractivity contribution >= 4 is 32.4 Å². The topological polar surface area (TPSA) is 64.0 Å². The van der Waals surface area contributed by atoms with Gasteiger partial charge in [-0.3, -0.25) is 4.68 Å². The summed E-state index contributed by atoms with van der Waals surface area (Å²) in [7, 11) is -3.34. The number of aromatic nitrogens is 2. The maximum absolute atomic E-state index is 13.8. The predicted molar refractivity (Wildman–Crippen MR) is 95.4 cm³/mol. The highest BCUT2D eigenvalue weighted by atomic mass is 127. The van der Waals surface area contributed by atoms with Gasteiger partial charge >= 0.3 is 0 Å². The number of hydrogen-bond donors (Lipinski definition) is 1. The molecule has 5 nitrogen and oxygen atoms in total. The Hall–Kier alpha value is -1.000. The van der Waals surface area contributed by atoms with E-state index < -0.39 is 15.7 Å². The van der Waals surface area contributed by atoms with Gasteiger partial charge in [0.15, 0.2) is 9.84 Å². The van der Waals surface area contributed by atoms with Crippen molar-refractivity contribution in [2.45, 2.75) is 37.9 Å². The van der Waals surface area contributed by atoms with Gasteiger partial charge in [0.05, 0.1) is 4.90 Å². The van der Waals surface area contributed by atoms with Crippen LogP contribution in [0.1, 0.15) is 31.0 Å². The maximum Gasteiger partial charge on any atom is 0.175 e. The SMILES string of the molecule is CC(C)n1cc(CNCc2cc(S(C)(=O)=O)ccc2F)c(I)n1. The average molecular weight is 451 g/mol. The van der Waals surface area contributed by atoms with E-state index in [0.717, 1.165) is 15.5 Å². The molecule has 2 aromatic rings. The zero-order chi connectivity index (χ0) is 17.2. The zero-order valence-electron chi connectivity index (χ0n) is 13.2. The largest absolute Gasteiger partial charge is 0.308 e. The van der Waals surface area contributed by atoms with E-state index in [4.69, 9.17) is 0 Å². The van der Waals surface area contributed by atoms with E-state index in [1.165, 1.54) is 18.2 Å². The second-order valence-electron chi connectivity index (χ2n) is 5.65. The van der Waals surface area contributed by atoms with Gasteiger partial charge in [-0.1, -0.05) is 0 Å². The standard InChI is InChI=1S/C15H19FIN3O2S/c1-10(2)20-9-12(15(17)19-20)8-18-7-11-6-13(23(3,21)22)4-5-14(11)16/h4-6,9-10,18H,7-8H2,1-3H3. The molecule has 126 valence electrons. The Morgan fingerprint density at radius 1 is 1.30 bits per heavy atom. The minimum absolute atomic E-state index is 0.123. The van der Waals surface area contributed by atoms with Crippen LogP contribution in [0.5, 0.6) is 0 Å². The van der Waals surface area contributed by atoms with Crippen LogP contribution >= 0.6 is 22.6 Å². The third kappa shape index (κ3) is 4.74. The normalized spacial score (nSPS) is 12.1. The lowest BCUT2D eigenvalue weighted by Crippen LogP contribution is -2.14. The highest BCUT2D eigenvalue weighted by Crippen LogP contribution is 2.16. The minimum Gasteiger partial charge on any atom is -0.308 e. The van der Waals surface area contributed by atoms with Crippen molar-refractivity contribution in [1.29, 1.82) is 0 Å². The number of nitrogens with zero attached hydrogens (tertiary/aromatic N) is 2. The molecule has 0 radical (unpaired) electrons. The molecular weight excluding hydrogens is 432 g/mol. The summed E-state index contributed by atoms with van der Waals surface area (Å²) in [6.07, 6.45) is 3.07. The molecule has 0 saturated heterocycles. The highest BCUT2D eigenvalue weighted by Gasteiger charge is 2.12. The van der Waals surface area contributed by atoms with E-state index in [9.17, 15) is 12.8 Å². The van der Waals surface area contributed by atoms with Crippen molar-refractivity contribution in [3.8, 4) is 0 Å². The van der Waals surface area contributed by atoms with E-state index in [1.807, 2.05) is 24.7 Å². The molecule has 8 heteroatoms. The highest BCUT2D eigenvalue weighted by molar-refractivity contribution is 14.1. The quantitative estimate of drug-likeness (QED) is 0.542. The monoisotopic (exact) mass is 451 g/mol. The molecule has 0 unspecified atom stereocenters. The molecule has 1 aromatic heterocycles. The van der Waals surface area contributed by atoms with Gasteiger partial charge in [0.1, 0.15) is 9.52 Å². The molecule has 0 atom stereocenters. The average Bonchev–Trinajstić information content (AvgIpc) is 2.81. The fourth-order valence-corrected chi connectivity index (χ4v) is 3.29. The molecule has 0 aliphatic carbocycles. The van der Waals surface area contributed by atoms with Crippen molar-refractivity contribution in [3.63, 3.8) is 0 Å². The minimum atomic E-state index is -3.34. The number of benzene rings is 1. The Labute approximate surface area is 149 Å². The summed E-state index contributed by atoms with van der Waals surface area (Å²) in [5, 5.41) is 7.55. The molecule has 0 spiro atoms. The third-order valence-electron chi connectivity index (χ3n) is 3.36. The van der Waals surface area contributed by atoms with Crippen LogP contribution in [0.25, 0.3) is 0 Å². The zero-order valence-corrected chi connectivity index (χ0v) is 16.2. The predicted octanol–water partition coefficient (Wildman–Crippen LogP) is 2.90. The lowest BCUT2D eigenvalue weighted by Gasteiger charge is -2.07. The Morgan fingerprint density at radius 3 is 2.52 bits per heavy atom. The van der Waals surface area contributed by atoms with Crippen LogP contribution in [0.2, 0.25) is 0 Å². The molecule has 0 fully saturated rings. The van der Waals surface area contributed by atoms with Crippen LogP contribution < -0.4 is 5.32 Å². The first kappa shape index (κ1) is 18.3. The van der Waals surface area contributed by atoms with Crippen LogP contribution in [0, 0.1) is 9.52 Å². The number of rotatable bonds is 6. The van der Waals surface area contributed by atoms with Crippen LogP contribution in [0.15, 0.2) is 29.3 Å². The van der Waals surface area contributed by atoms with E-state index in [0.29, 0.717) is 12.1 Å². The first-order valence-corrected chi connectivity index (χ1v) is 10.1. The van der Waals surface area contributed by atoms with Crippen molar-refractivity contribution in [3.05, 3.63) is 45.0 Å². The summed E-state index contributed by atoms with van der Waals surface area (Å²) in [4.78, 5) is 0.123. The van der Waals surface area contributed by atoms with Crippen LogP contribution in [0.4, 0.5) is 4.39 Å². The van der Waals surface area contributed by atoms with Gasteiger partial charge in [0.25, 0.3) is 0 Å². The van der Waals surface area contributed by atoms with Crippen molar-refractivity contribution in [1.82, 2.24) is 15.1 Å². The summed E-state index contributed by atoms with van der Waals surface area (Å²) in [5.74, 6) is -0.419. The van der Waals surface area contributed by atoms with Crippen molar-refractivity contribution in [2.24, 2.45) is 0 Å². The van der Waals surface area contributed by atoms with E-state index in [-0.39, 0.29) is 17.5 Å². The smallest absolute Gasteiger partial charge is 0.175 e. The van der Waals surface area contributed by atoms with E-state index in [1.54, 1.807) is 0 Å². The molecule has 23 heavy (non-hydrogen) atoms. The van der Waals surface area contributed by atoms with Gasteiger partial charge in [-0.05, 0) is 54.6 Å². The molecule has 2 rings (SSSR count). The van der Waals surface area contributed by atoms with Crippen molar-refractivity contribution < 1.29 is 12.8 Å². The van der Waals surface area contributed by atoms with Gasteiger partial charge in [0, 0.05) is 42.7 Å². The second kappa shape index (κ2) is 7.27. The summed E-state index contributed by atoms with van der Waals surface area (Å²) in [6.45, 7) is 4.88. The molecule has 1 N–H and O–H groups in total. The van der Waals surface area contributed by atoms with E-state index in [2.05, 4.69) is 33.0 Å². The lowest BCUT2D eigenvalue weighted by atomic mass is 10.2. The molecule has 0 aliphatic heterocycles. The molecule has 1 heterocycles. The summed E-state index contributed by atoms with van der Waals surface area (Å²) in [5.41, 5.74) is 1.36. The third-order valence-corrected chi connectivity index (χ3v) is 5.38. The Bertz CT molecular complexity index is 803. The number of nitrogens with one attached hydrogen (secondary N) is 1. The van der Waals surface area contributed by atoms with Gasteiger partial charge in [-0.25, -0.2) is 12.8 Å². The second-order valence-corrected chi connectivity index (χ2v) is 8.69. The fourth-order valence-electron chi connectivity index (χ4n) is 2.04. The van der Waals surface area contributed by atoms with Crippen LogP contribution in [-0.4, -0.2) is 24.5 Å². The molecule has 0 bridgehead atoms. The molecule has 0 amide bonds. The van der Waals surface area contributed by atoms with Crippen LogP contribution in [-0.2, 0) is 22.9 Å². The number of sulfone groups is 1. The first-order chi connectivity index (χ1) is 10.7. The molecular formula is C15H19FIN3O2S. The Kier molecular flexibility index (Phi) is 5.79. The summed E-state index contributed by atoms with van der Waals surface area (Å²) >= 11 is 2.17. The molecule has 0 aliphatic rings. The molecule has 1 aromatic carbocycles. The van der Waals surface area contributed by atoms with Gasteiger partial charge in [-0.2, -0.15) is 5.10 Å². The Morgan fingerprint density at radius 2 is 1.96 bits per heavy atom. The first-order valence-electron chi connectivity index (χ1n) is 7.11. The fraction of sp³-hybridized carbons (Fsp3) is 0.400. The van der Waals surface area contributed by atoms with Gasteiger partial charge < -0.3 is 5.32 Å². The number of hydrogen-bond acceptors (Lipinski definition) is 4. The van der Waals surface area contributed by atoms with Gasteiger partial charge in [0.2, 0.25) is 0 Å². The van der Waals surface area contributed by atoms with Crippen molar-refractivity contribution in [2.75, 3.05) is 6.26 Å². The van der Waals surface area contributed by atoms with E-state index >= 15 is 0 Å². The summed E-state index contributed by atoms with van der Waals surface area (Å²) < 4.78 is 39.7. The molecule has 0 saturated carbocycles. The maximum atomic E-state index is 13.8. The van der Waals surface area contributed by atoms with Gasteiger partial charge in [-0.15, -0.1) is 0 Å². The van der Waals surface area contributed by atoms with Crippen LogP contribution in [0.3, 0.4) is 0 Å². The lowest BCUT2D eigenvalue weighted by molar-refractivity contribution is 0.529. The number of halogens is 2. The summed E-state index contributed by atoms with van der Waals surface area (Å²) in [6, 6.07) is 4.12. The Balaban J connectivity index is 2.07.